The summed E-state index contributed by atoms with van der Waals surface area (Å²) in [6.07, 6.45) is 10.3. The van der Waals surface area contributed by atoms with Crippen LogP contribution < -0.4 is 0 Å². The minimum absolute atomic E-state index is 0.291. The van der Waals surface area contributed by atoms with E-state index in [2.05, 4.69) is 33.8 Å². The molecule has 1 aromatic carbocycles. The maximum absolute atomic E-state index is 12.4. The second-order valence-electron chi connectivity index (χ2n) is 6.33. The van der Waals surface area contributed by atoms with Crippen LogP contribution in [0.25, 0.3) is 0 Å². The Morgan fingerprint density at radius 3 is 2.61 bits per heavy atom. The van der Waals surface area contributed by atoms with Gasteiger partial charge in [-0.15, -0.1) is 0 Å². The Labute approximate surface area is 138 Å². The molecular weight excluding hydrogens is 286 g/mol. The van der Waals surface area contributed by atoms with Gasteiger partial charge in [0.2, 0.25) is 5.91 Å². The summed E-state index contributed by atoms with van der Waals surface area (Å²) in [6, 6.07) is 10.4. The molecule has 0 atom stereocenters. The molecule has 4 heteroatoms. The summed E-state index contributed by atoms with van der Waals surface area (Å²) in [6.45, 7) is 2.35. The Morgan fingerprint density at radius 1 is 0.957 bits per heavy atom. The van der Waals surface area contributed by atoms with Gasteiger partial charge >= 0.3 is 0 Å². The molecule has 0 unspecified atom stereocenters. The van der Waals surface area contributed by atoms with E-state index in [0.29, 0.717) is 18.9 Å². The number of carbonyl (C=O) groups excluding carboxylic acids is 1. The molecule has 1 saturated heterocycles. The third-order valence-corrected chi connectivity index (χ3v) is 4.52. The fraction of sp³-hybridized carbons (Fsp3) is 0.474. The summed E-state index contributed by atoms with van der Waals surface area (Å²) in [5.74, 6) is 0.291. The zero-order valence-corrected chi connectivity index (χ0v) is 13.7. The molecule has 2 heterocycles. The van der Waals surface area contributed by atoms with E-state index in [0.717, 1.165) is 31.6 Å². The van der Waals surface area contributed by atoms with E-state index in [-0.39, 0.29) is 0 Å². The molecule has 23 heavy (non-hydrogen) atoms. The molecule has 122 valence electrons. The van der Waals surface area contributed by atoms with Crippen molar-refractivity contribution in [2.45, 2.75) is 51.6 Å². The highest BCUT2D eigenvalue weighted by Gasteiger charge is 2.17. The smallest absolute Gasteiger partial charge is 0.222 e. The number of nitrogens with zero attached hydrogens (tertiary/aromatic N) is 3. The monoisotopic (exact) mass is 311 g/mol. The van der Waals surface area contributed by atoms with Crippen molar-refractivity contribution in [2.75, 3.05) is 6.54 Å². The summed E-state index contributed by atoms with van der Waals surface area (Å²) < 4.78 is 2.15. The maximum Gasteiger partial charge on any atom is 0.222 e. The second-order valence-corrected chi connectivity index (χ2v) is 6.33. The van der Waals surface area contributed by atoms with E-state index < -0.39 is 0 Å². The highest BCUT2D eigenvalue weighted by atomic mass is 16.2. The number of amides is 1. The Balaban J connectivity index is 1.69. The highest BCUT2D eigenvalue weighted by molar-refractivity contribution is 5.76. The van der Waals surface area contributed by atoms with Crippen LogP contribution in [0.3, 0.4) is 0 Å². The molecule has 0 radical (unpaired) electrons. The zero-order chi connectivity index (χ0) is 15.9. The molecule has 1 fully saturated rings. The lowest BCUT2D eigenvalue weighted by Gasteiger charge is -2.22. The van der Waals surface area contributed by atoms with E-state index in [1.165, 1.54) is 24.8 Å². The normalized spacial score (nSPS) is 16.7. The Bertz CT molecular complexity index is 621. The van der Waals surface area contributed by atoms with Crippen LogP contribution >= 0.6 is 0 Å². The van der Waals surface area contributed by atoms with Gasteiger partial charge in [0.25, 0.3) is 0 Å². The van der Waals surface area contributed by atoms with Crippen LogP contribution in [0.1, 0.15) is 49.8 Å². The average Bonchev–Trinajstić information content (AvgIpc) is 3.03. The quantitative estimate of drug-likeness (QED) is 0.865. The molecule has 1 aliphatic heterocycles. The molecule has 1 aliphatic rings. The van der Waals surface area contributed by atoms with E-state index in [9.17, 15) is 4.79 Å². The number of hydrogen-bond donors (Lipinski definition) is 0. The summed E-state index contributed by atoms with van der Waals surface area (Å²) in [4.78, 5) is 18.7. The lowest BCUT2D eigenvalue weighted by Crippen LogP contribution is -2.31. The molecule has 0 spiro atoms. The van der Waals surface area contributed by atoms with Crippen LogP contribution in [-0.4, -0.2) is 26.9 Å². The molecule has 0 bridgehead atoms. The third-order valence-electron chi connectivity index (χ3n) is 4.52. The fourth-order valence-corrected chi connectivity index (χ4v) is 3.16. The molecule has 0 saturated carbocycles. The summed E-state index contributed by atoms with van der Waals surface area (Å²) in [5, 5.41) is 0. The van der Waals surface area contributed by atoms with Crippen molar-refractivity contribution in [1.29, 1.82) is 0 Å². The van der Waals surface area contributed by atoms with Crippen LogP contribution in [0.15, 0.2) is 42.9 Å². The van der Waals surface area contributed by atoms with E-state index >= 15 is 0 Å². The summed E-state index contributed by atoms with van der Waals surface area (Å²) in [5.41, 5.74) is 2.36. The van der Waals surface area contributed by atoms with Crippen molar-refractivity contribution < 1.29 is 4.79 Å². The van der Waals surface area contributed by atoms with Gasteiger partial charge in [-0.25, -0.2) is 4.98 Å². The molecule has 0 N–H and O–H groups in total. The lowest BCUT2D eigenvalue weighted by molar-refractivity contribution is -0.132. The largest absolute Gasteiger partial charge is 0.337 e. The van der Waals surface area contributed by atoms with Crippen molar-refractivity contribution in [3.05, 3.63) is 54.1 Å². The SMILES string of the molecule is O=C1CCCCCCCN1Cc1cncn1Cc1ccccc1. The summed E-state index contributed by atoms with van der Waals surface area (Å²) >= 11 is 0. The predicted octanol–water partition coefficient (Wildman–Crippen LogP) is 3.61. The molecule has 3 rings (SSSR count). The maximum atomic E-state index is 12.4. The third kappa shape index (κ3) is 4.44. The first-order valence-electron chi connectivity index (χ1n) is 8.63. The van der Waals surface area contributed by atoms with Crippen molar-refractivity contribution in [3.8, 4) is 0 Å². The molecule has 2 aromatic rings. The minimum Gasteiger partial charge on any atom is -0.337 e. The van der Waals surface area contributed by atoms with Crippen LogP contribution in [0.4, 0.5) is 0 Å². The molecule has 0 aliphatic carbocycles. The van der Waals surface area contributed by atoms with Gasteiger partial charge in [-0.1, -0.05) is 49.6 Å². The standard InChI is InChI=1S/C19H25N3O/c23-19-11-7-2-1-3-8-12-21(19)15-18-13-20-16-22(18)14-17-9-5-4-6-10-17/h4-6,9-10,13,16H,1-3,7-8,11-12,14-15H2. The molecule has 1 amide bonds. The topological polar surface area (TPSA) is 38.1 Å². The van der Waals surface area contributed by atoms with Crippen LogP contribution in [-0.2, 0) is 17.9 Å². The number of hydrogen-bond acceptors (Lipinski definition) is 2. The van der Waals surface area contributed by atoms with Gasteiger partial charge in [0.05, 0.1) is 18.6 Å². The van der Waals surface area contributed by atoms with Gasteiger partial charge in [0.15, 0.2) is 0 Å². The first-order valence-corrected chi connectivity index (χ1v) is 8.63. The Kier molecular flexibility index (Phi) is 5.46. The highest BCUT2D eigenvalue weighted by Crippen LogP contribution is 2.15. The van der Waals surface area contributed by atoms with Gasteiger partial charge < -0.3 is 9.47 Å². The van der Waals surface area contributed by atoms with Crippen LogP contribution in [0.2, 0.25) is 0 Å². The predicted molar refractivity (Wildman–Crippen MR) is 90.9 cm³/mol. The van der Waals surface area contributed by atoms with Gasteiger partial charge in [-0.3, -0.25) is 4.79 Å². The number of aromatic nitrogens is 2. The fourth-order valence-electron chi connectivity index (χ4n) is 3.16. The molecule has 1 aromatic heterocycles. The van der Waals surface area contributed by atoms with Gasteiger partial charge in [-0.2, -0.15) is 0 Å². The van der Waals surface area contributed by atoms with E-state index in [4.69, 9.17) is 0 Å². The van der Waals surface area contributed by atoms with Crippen molar-refractivity contribution in [2.24, 2.45) is 0 Å². The average molecular weight is 311 g/mol. The zero-order valence-electron chi connectivity index (χ0n) is 13.7. The minimum atomic E-state index is 0.291. The summed E-state index contributed by atoms with van der Waals surface area (Å²) in [7, 11) is 0. The van der Waals surface area contributed by atoms with Gasteiger partial charge in [-0.05, 0) is 18.4 Å². The second kappa shape index (κ2) is 7.95. The van der Waals surface area contributed by atoms with Crippen molar-refractivity contribution in [1.82, 2.24) is 14.5 Å². The van der Waals surface area contributed by atoms with E-state index in [1.54, 1.807) is 0 Å². The Morgan fingerprint density at radius 2 is 1.74 bits per heavy atom. The number of rotatable bonds is 4. The lowest BCUT2D eigenvalue weighted by atomic mass is 10.1. The van der Waals surface area contributed by atoms with Crippen LogP contribution in [0, 0.1) is 0 Å². The van der Waals surface area contributed by atoms with Gasteiger partial charge in [0.1, 0.15) is 0 Å². The Hall–Kier alpha value is -2.10. The molecule has 4 nitrogen and oxygen atoms in total. The number of carbonyl (C=O) groups is 1. The van der Waals surface area contributed by atoms with Gasteiger partial charge in [0, 0.05) is 25.7 Å². The van der Waals surface area contributed by atoms with Crippen molar-refractivity contribution >= 4 is 5.91 Å². The molecular formula is C19H25N3O. The van der Waals surface area contributed by atoms with Crippen LogP contribution in [0.5, 0.6) is 0 Å². The van der Waals surface area contributed by atoms with E-state index in [1.807, 2.05) is 23.5 Å². The first-order chi connectivity index (χ1) is 11.3. The first kappa shape index (κ1) is 15.8. The van der Waals surface area contributed by atoms with Crippen molar-refractivity contribution in [3.63, 3.8) is 0 Å². The number of imidazole rings is 1. The number of benzene rings is 1.